The average molecular weight is 260 g/mol. The quantitative estimate of drug-likeness (QED) is 0.448. The van der Waals surface area contributed by atoms with Crippen LogP contribution in [0.15, 0.2) is 0 Å². The van der Waals surface area contributed by atoms with Gasteiger partial charge in [0.15, 0.2) is 0 Å². The van der Waals surface area contributed by atoms with E-state index in [-0.39, 0.29) is 6.03 Å². The lowest BCUT2D eigenvalue weighted by atomic mass is 10.4. The maximum atomic E-state index is 11.9. The van der Waals surface area contributed by atoms with Gasteiger partial charge in [-0.1, -0.05) is 26.7 Å². The van der Waals surface area contributed by atoms with E-state index in [2.05, 4.69) is 13.8 Å². The second-order valence-electron chi connectivity index (χ2n) is 4.46. The van der Waals surface area contributed by atoms with E-state index in [0.29, 0.717) is 26.7 Å². The molecule has 0 aromatic rings. The van der Waals surface area contributed by atoms with E-state index in [4.69, 9.17) is 9.47 Å². The van der Waals surface area contributed by atoms with Crippen molar-refractivity contribution < 1.29 is 14.3 Å². The van der Waals surface area contributed by atoms with Crippen molar-refractivity contribution in [3.63, 3.8) is 0 Å². The molecule has 0 unspecified atom stereocenters. The van der Waals surface area contributed by atoms with Gasteiger partial charge in [0, 0.05) is 27.3 Å². The Morgan fingerprint density at radius 2 is 1.28 bits per heavy atom. The van der Waals surface area contributed by atoms with Crippen LogP contribution in [0, 0.1) is 0 Å². The van der Waals surface area contributed by atoms with E-state index in [1.54, 1.807) is 23.9 Å². The number of rotatable bonds is 10. The molecule has 0 bridgehead atoms. The average Bonchev–Trinajstić information content (AvgIpc) is 2.38. The largest absolute Gasteiger partial charge is 0.361 e. The molecule has 0 saturated carbocycles. The summed E-state index contributed by atoms with van der Waals surface area (Å²) >= 11 is 0. The Hall–Kier alpha value is -0.810. The van der Waals surface area contributed by atoms with Crippen molar-refractivity contribution in [1.82, 2.24) is 9.80 Å². The van der Waals surface area contributed by atoms with Crippen LogP contribution in [-0.2, 0) is 9.47 Å². The first-order valence-corrected chi connectivity index (χ1v) is 6.75. The first-order chi connectivity index (χ1) is 8.63. The standard InChI is InChI=1S/C13H28N2O3/c1-5-7-9-17-11-14(3)13(16)15(4)12-18-10-8-6-2/h5-12H2,1-4H3. The summed E-state index contributed by atoms with van der Waals surface area (Å²) in [5.74, 6) is 0. The molecule has 0 aliphatic carbocycles. The van der Waals surface area contributed by atoms with Crippen molar-refractivity contribution in [3.05, 3.63) is 0 Å². The Kier molecular flexibility index (Phi) is 10.8. The second-order valence-corrected chi connectivity index (χ2v) is 4.46. The predicted molar refractivity (Wildman–Crippen MR) is 72.4 cm³/mol. The summed E-state index contributed by atoms with van der Waals surface area (Å²) in [6, 6.07) is -0.0806. The molecule has 0 atom stereocenters. The van der Waals surface area contributed by atoms with Gasteiger partial charge in [0.05, 0.1) is 0 Å². The van der Waals surface area contributed by atoms with Crippen LogP contribution < -0.4 is 0 Å². The molecule has 0 saturated heterocycles. The molecule has 0 rings (SSSR count). The number of hydrogen-bond acceptors (Lipinski definition) is 3. The molecule has 0 heterocycles. The van der Waals surface area contributed by atoms with Crippen LogP contribution in [0.5, 0.6) is 0 Å². The van der Waals surface area contributed by atoms with Crippen LogP contribution in [-0.4, -0.2) is 56.6 Å². The minimum absolute atomic E-state index is 0.0806. The Labute approximate surface area is 111 Å². The molecule has 0 aliphatic rings. The molecule has 0 aliphatic heterocycles. The zero-order valence-electron chi connectivity index (χ0n) is 12.3. The Morgan fingerprint density at radius 3 is 1.61 bits per heavy atom. The third-order valence-corrected chi connectivity index (χ3v) is 2.51. The summed E-state index contributed by atoms with van der Waals surface area (Å²) in [5, 5.41) is 0. The highest BCUT2D eigenvalue weighted by atomic mass is 16.5. The number of amides is 2. The van der Waals surface area contributed by atoms with Gasteiger partial charge < -0.3 is 19.3 Å². The molecular weight excluding hydrogens is 232 g/mol. The molecule has 2 amide bonds. The minimum atomic E-state index is -0.0806. The van der Waals surface area contributed by atoms with E-state index in [1.165, 1.54) is 0 Å². The molecule has 18 heavy (non-hydrogen) atoms. The highest BCUT2D eigenvalue weighted by Crippen LogP contribution is 1.97. The van der Waals surface area contributed by atoms with Crippen molar-refractivity contribution in [3.8, 4) is 0 Å². The van der Waals surface area contributed by atoms with Gasteiger partial charge in [-0.05, 0) is 12.8 Å². The summed E-state index contributed by atoms with van der Waals surface area (Å²) < 4.78 is 10.8. The van der Waals surface area contributed by atoms with Gasteiger partial charge in [-0.3, -0.25) is 0 Å². The van der Waals surface area contributed by atoms with Crippen LogP contribution in [0.4, 0.5) is 4.79 Å². The zero-order valence-corrected chi connectivity index (χ0v) is 12.3. The highest BCUT2D eigenvalue weighted by Gasteiger charge is 2.13. The summed E-state index contributed by atoms with van der Waals surface area (Å²) in [5.41, 5.74) is 0. The van der Waals surface area contributed by atoms with Crippen LogP contribution in [0.2, 0.25) is 0 Å². The van der Waals surface area contributed by atoms with Crippen LogP contribution >= 0.6 is 0 Å². The number of nitrogens with zero attached hydrogens (tertiary/aromatic N) is 2. The van der Waals surface area contributed by atoms with Gasteiger partial charge in [-0.2, -0.15) is 0 Å². The maximum Gasteiger partial charge on any atom is 0.323 e. The molecule has 5 nitrogen and oxygen atoms in total. The number of carbonyl (C=O) groups is 1. The summed E-state index contributed by atoms with van der Waals surface area (Å²) in [6.45, 7) is 6.28. The number of carbonyl (C=O) groups excluding carboxylic acids is 1. The second kappa shape index (κ2) is 11.3. The first-order valence-electron chi connectivity index (χ1n) is 6.75. The molecule has 0 spiro atoms. The normalized spacial score (nSPS) is 10.4. The van der Waals surface area contributed by atoms with E-state index >= 15 is 0 Å². The molecule has 0 fully saturated rings. The number of hydrogen-bond donors (Lipinski definition) is 0. The molecule has 0 radical (unpaired) electrons. The lowest BCUT2D eigenvalue weighted by molar-refractivity contribution is 0.0219. The fourth-order valence-corrected chi connectivity index (χ4v) is 1.30. The molecule has 5 heteroatoms. The monoisotopic (exact) mass is 260 g/mol. The topological polar surface area (TPSA) is 42.0 Å². The van der Waals surface area contributed by atoms with Crippen molar-refractivity contribution in [2.45, 2.75) is 39.5 Å². The fraction of sp³-hybridized carbons (Fsp3) is 0.923. The number of urea groups is 1. The van der Waals surface area contributed by atoms with Crippen molar-refractivity contribution in [2.75, 3.05) is 40.8 Å². The Balaban J connectivity index is 3.68. The summed E-state index contributed by atoms with van der Waals surface area (Å²) in [7, 11) is 3.47. The molecule has 108 valence electrons. The predicted octanol–water partition coefficient (Wildman–Crippen LogP) is 2.52. The lowest BCUT2D eigenvalue weighted by Gasteiger charge is -2.24. The van der Waals surface area contributed by atoms with Gasteiger partial charge in [-0.15, -0.1) is 0 Å². The van der Waals surface area contributed by atoms with Gasteiger partial charge >= 0.3 is 6.03 Å². The smallest absolute Gasteiger partial charge is 0.323 e. The third-order valence-electron chi connectivity index (χ3n) is 2.51. The lowest BCUT2D eigenvalue weighted by Crippen LogP contribution is -2.41. The zero-order chi connectivity index (χ0) is 13.8. The van der Waals surface area contributed by atoms with Gasteiger partial charge in [0.25, 0.3) is 0 Å². The summed E-state index contributed by atoms with van der Waals surface area (Å²) in [6.07, 6.45) is 4.25. The minimum Gasteiger partial charge on any atom is -0.361 e. The van der Waals surface area contributed by atoms with E-state index < -0.39 is 0 Å². The van der Waals surface area contributed by atoms with Gasteiger partial charge in [0.2, 0.25) is 0 Å². The van der Waals surface area contributed by atoms with E-state index in [9.17, 15) is 4.79 Å². The van der Waals surface area contributed by atoms with E-state index in [1.807, 2.05) is 0 Å². The van der Waals surface area contributed by atoms with Crippen molar-refractivity contribution in [2.24, 2.45) is 0 Å². The molecule has 0 aromatic heterocycles. The highest BCUT2D eigenvalue weighted by molar-refractivity contribution is 5.73. The van der Waals surface area contributed by atoms with Crippen molar-refractivity contribution in [1.29, 1.82) is 0 Å². The van der Waals surface area contributed by atoms with Gasteiger partial charge in [0.1, 0.15) is 13.5 Å². The molecule has 0 N–H and O–H groups in total. The van der Waals surface area contributed by atoms with Gasteiger partial charge in [-0.25, -0.2) is 4.79 Å². The fourth-order valence-electron chi connectivity index (χ4n) is 1.30. The molecular formula is C13H28N2O3. The summed E-state index contributed by atoms with van der Waals surface area (Å²) in [4.78, 5) is 15.0. The third kappa shape index (κ3) is 8.31. The van der Waals surface area contributed by atoms with Crippen LogP contribution in [0.25, 0.3) is 0 Å². The Morgan fingerprint density at radius 1 is 0.889 bits per heavy atom. The number of ether oxygens (including phenoxy) is 2. The number of unbranched alkanes of at least 4 members (excludes halogenated alkanes) is 2. The van der Waals surface area contributed by atoms with Crippen molar-refractivity contribution >= 4 is 6.03 Å². The van der Waals surface area contributed by atoms with Crippen LogP contribution in [0.3, 0.4) is 0 Å². The SMILES string of the molecule is CCCCOCN(C)C(=O)N(C)COCCCC. The first kappa shape index (κ1) is 17.2. The Bertz CT molecular complexity index is 192. The van der Waals surface area contributed by atoms with E-state index in [0.717, 1.165) is 25.7 Å². The molecule has 0 aromatic carbocycles. The van der Waals surface area contributed by atoms with Crippen LogP contribution in [0.1, 0.15) is 39.5 Å². The maximum absolute atomic E-state index is 11.9.